The standard InChI is InChI=1S/C15H21F2N3/c16-11-3-4-13(14(17)8-11)15(9-18)20-7-6-19-5-1-2-12(19)10-20/h3-4,8,12,15H,1-2,5-7,9-10,18H2. The second-order valence-corrected chi connectivity index (χ2v) is 5.74. The summed E-state index contributed by atoms with van der Waals surface area (Å²) >= 11 is 0. The van der Waals surface area contributed by atoms with Crippen molar-refractivity contribution in [1.82, 2.24) is 9.80 Å². The molecule has 0 spiro atoms. The van der Waals surface area contributed by atoms with Crippen LogP contribution in [0.5, 0.6) is 0 Å². The van der Waals surface area contributed by atoms with Gasteiger partial charge in [-0.3, -0.25) is 9.80 Å². The third-order valence-corrected chi connectivity index (χ3v) is 4.60. The van der Waals surface area contributed by atoms with E-state index in [4.69, 9.17) is 5.73 Å². The van der Waals surface area contributed by atoms with Gasteiger partial charge >= 0.3 is 0 Å². The number of benzene rings is 1. The molecule has 0 aromatic heterocycles. The van der Waals surface area contributed by atoms with Crippen molar-refractivity contribution >= 4 is 0 Å². The Morgan fingerprint density at radius 1 is 1.25 bits per heavy atom. The molecule has 3 rings (SSSR count). The van der Waals surface area contributed by atoms with Crippen LogP contribution in [0, 0.1) is 11.6 Å². The lowest BCUT2D eigenvalue weighted by atomic mass is 10.0. The molecular weight excluding hydrogens is 260 g/mol. The van der Waals surface area contributed by atoms with Crippen LogP contribution < -0.4 is 5.73 Å². The molecule has 1 aromatic carbocycles. The van der Waals surface area contributed by atoms with Crippen LogP contribution in [0.3, 0.4) is 0 Å². The second kappa shape index (κ2) is 5.76. The van der Waals surface area contributed by atoms with Crippen molar-refractivity contribution in [2.24, 2.45) is 5.73 Å². The minimum Gasteiger partial charge on any atom is -0.329 e. The molecule has 5 heteroatoms. The maximum Gasteiger partial charge on any atom is 0.130 e. The number of piperazine rings is 1. The van der Waals surface area contributed by atoms with E-state index in [-0.39, 0.29) is 6.04 Å². The summed E-state index contributed by atoms with van der Waals surface area (Å²) in [5, 5.41) is 0. The molecule has 2 heterocycles. The second-order valence-electron chi connectivity index (χ2n) is 5.74. The summed E-state index contributed by atoms with van der Waals surface area (Å²) in [6, 6.07) is 4.21. The highest BCUT2D eigenvalue weighted by Crippen LogP contribution is 2.29. The number of hydrogen-bond donors (Lipinski definition) is 1. The maximum atomic E-state index is 14.0. The van der Waals surface area contributed by atoms with E-state index in [9.17, 15) is 8.78 Å². The van der Waals surface area contributed by atoms with Crippen LogP contribution in [0.25, 0.3) is 0 Å². The highest BCUT2D eigenvalue weighted by molar-refractivity contribution is 5.23. The lowest BCUT2D eigenvalue weighted by Gasteiger charge is -2.41. The van der Waals surface area contributed by atoms with Crippen LogP contribution in [0.4, 0.5) is 8.78 Å². The van der Waals surface area contributed by atoms with Gasteiger partial charge in [-0.25, -0.2) is 8.78 Å². The normalized spacial score (nSPS) is 25.6. The molecule has 0 radical (unpaired) electrons. The van der Waals surface area contributed by atoms with Crippen LogP contribution >= 0.6 is 0 Å². The Hall–Kier alpha value is -1.04. The minimum absolute atomic E-state index is 0.154. The van der Waals surface area contributed by atoms with Crippen LogP contribution in [-0.2, 0) is 0 Å². The Kier molecular flexibility index (Phi) is 4.01. The third-order valence-electron chi connectivity index (χ3n) is 4.60. The molecule has 2 atom stereocenters. The van der Waals surface area contributed by atoms with Crippen molar-refractivity contribution in [3.63, 3.8) is 0 Å². The molecule has 0 amide bonds. The fourth-order valence-electron chi connectivity index (χ4n) is 3.54. The van der Waals surface area contributed by atoms with E-state index in [0.29, 0.717) is 18.2 Å². The SMILES string of the molecule is NCC(c1ccc(F)cc1F)N1CCN2CCCC2C1. The average Bonchev–Trinajstić information content (AvgIpc) is 2.89. The molecule has 2 aliphatic heterocycles. The van der Waals surface area contributed by atoms with Crippen LogP contribution in [0.1, 0.15) is 24.4 Å². The summed E-state index contributed by atoms with van der Waals surface area (Å²) in [6.07, 6.45) is 2.45. The molecule has 1 aromatic rings. The highest BCUT2D eigenvalue weighted by atomic mass is 19.1. The van der Waals surface area contributed by atoms with Crippen molar-refractivity contribution in [1.29, 1.82) is 0 Å². The monoisotopic (exact) mass is 281 g/mol. The fraction of sp³-hybridized carbons (Fsp3) is 0.600. The predicted molar refractivity (Wildman–Crippen MR) is 74.3 cm³/mol. The molecule has 0 bridgehead atoms. The van der Waals surface area contributed by atoms with Crippen molar-refractivity contribution in [3.8, 4) is 0 Å². The van der Waals surface area contributed by atoms with E-state index in [1.165, 1.54) is 31.5 Å². The summed E-state index contributed by atoms with van der Waals surface area (Å²) in [5.74, 6) is -1.03. The first-order valence-electron chi connectivity index (χ1n) is 7.32. The van der Waals surface area contributed by atoms with E-state index in [0.717, 1.165) is 25.7 Å². The van der Waals surface area contributed by atoms with Gasteiger partial charge in [0, 0.05) is 43.9 Å². The third kappa shape index (κ3) is 2.57. The number of halogens is 2. The number of nitrogens with zero attached hydrogens (tertiary/aromatic N) is 2. The number of rotatable bonds is 3. The number of fused-ring (bicyclic) bond motifs is 1. The first kappa shape index (κ1) is 13.9. The molecular formula is C15H21F2N3. The smallest absolute Gasteiger partial charge is 0.130 e. The van der Waals surface area contributed by atoms with Crippen LogP contribution in [0.2, 0.25) is 0 Å². The quantitative estimate of drug-likeness (QED) is 0.916. The van der Waals surface area contributed by atoms with Crippen molar-refractivity contribution < 1.29 is 8.78 Å². The fourth-order valence-corrected chi connectivity index (χ4v) is 3.54. The highest BCUT2D eigenvalue weighted by Gasteiger charge is 2.34. The summed E-state index contributed by atoms with van der Waals surface area (Å²) in [4.78, 5) is 4.76. The van der Waals surface area contributed by atoms with Crippen molar-refractivity contribution in [2.75, 3.05) is 32.7 Å². The van der Waals surface area contributed by atoms with E-state index in [1.807, 2.05) is 0 Å². The first-order chi connectivity index (χ1) is 9.69. The first-order valence-corrected chi connectivity index (χ1v) is 7.32. The molecule has 2 N–H and O–H groups in total. The zero-order chi connectivity index (χ0) is 14.1. The Bertz CT molecular complexity index is 480. The molecule has 2 fully saturated rings. The summed E-state index contributed by atoms with van der Waals surface area (Å²) < 4.78 is 27.0. The van der Waals surface area contributed by atoms with Gasteiger partial charge < -0.3 is 5.73 Å². The van der Waals surface area contributed by atoms with Gasteiger partial charge in [0.2, 0.25) is 0 Å². The van der Waals surface area contributed by atoms with Gasteiger partial charge in [0.1, 0.15) is 11.6 Å². The molecule has 110 valence electrons. The summed E-state index contributed by atoms with van der Waals surface area (Å²) in [6.45, 7) is 4.38. The van der Waals surface area contributed by atoms with Crippen LogP contribution in [-0.4, -0.2) is 48.6 Å². The Labute approximate surface area is 118 Å². The summed E-state index contributed by atoms with van der Waals surface area (Å²) in [7, 11) is 0. The summed E-state index contributed by atoms with van der Waals surface area (Å²) in [5.41, 5.74) is 6.38. The largest absolute Gasteiger partial charge is 0.329 e. The molecule has 2 saturated heterocycles. The van der Waals surface area contributed by atoms with E-state index in [1.54, 1.807) is 0 Å². The Balaban J connectivity index is 1.79. The zero-order valence-corrected chi connectivity index (χ0v) is 11.6. The number of nitrogens with two attached hydrogens (primary N) is 1. The van der Waals surface area contributed by atoms with Crippen molar-refractivity contribution in [2.45, 2.75) is 24.9 Å². The van der Waals surface area contributed by atoms with Crippen molar-refractivity contribution in [3.05, 3.63) is 35.4 Å². The van der Waals surface area contributed by atoms with Crippen LogP contribution in [0.15, 0.2) is 18.2 Å². The molecule has 3 nitrogen and oxygen atoms in total. The Morgan fingerprint density at radius 2 is 2.10 bits per heavy atom. The van der Waals surface area contributed by atoms with E-state index in [2.05, 4.69) is 9.80 Å². The predicted octanol–water partition coefficient (Wildman–Crippen LogP) is 1.74. The molecule has 0 aliphatic carbocycles. The topological polar surface area (TPSA) is 32.5 Å². The van der Waals surface area contributed by atoms with Gasteiger partial charge in [-0.15, -0.1) is 0 Å². The van der Waals surface area contributed by atoms with Gasteiger partial charge in [-0.2, -0.15) is 0 Å². The van der Waals surface area contributed by atoms with Gasteiger partial charge in [0.15, 0.2) is 0 Å². The van der Waals surface area contributed by atoms with Gasteiger partial charge in [-0.1, -0.05) is 6.07 Å². The molecule has 20 heavy (non-hydrogen) atoms. The molecule has 0 saturated carbocycles. The van der Waals surface area contributed by atoms with Gasteiger partial charge in [0.25, 0.3) is 0 Å². The lowest BCUT2D eigenvalue weighted by molar-refractivity contribution is 0.0725. The molecule has 2 aliphatic rings. The Morgan fingerprint density at radius 3 is 2.85 bits per heavy atom. The lowest BCUT2D eigenvalue weighted by Crippen LogP contribution is -2.52. The van der Waals surface area contributed by atoms with E-state index >= 15 is 0 Å². The van der Waals surface area contributed by atoms with E-state index < -0.39 is 11.6 Å². The van der Waals surface area contributed by atoms with Gasteiger partial charge in [0.05, 0.1) is 6.04 Å². The van der Waals surface area contributed by atoms with Gasteiger partial charge in [-0.05, 0) is 25.5 Å². The minimum atomic E-state index is -0.539. The maximum absolute atomic E-state index is 14.0. The molecule has 2 unspecified atom stereocenters. The average molecular weight is 281 g/mol. The number of hydrogen-bond acceptors (Lipinski definition) is 3. The zero-order valence-electron chi connectivity index (χ0n) is 11.6.